The van der Waals surface area contributed by atoms with Gasteiger partial charge in [-0.3, -0.25) is 4.68 Å². The minimum absolute atomic E-state index is 0.440. The number of rotatable bonds is 3. The van der Waals surface area contributed by atoms with E-state index in [-0.39, 0.29) is 0 Å². The number of aromatic nitrogens is 4. The molecule has 0 unspecified atom stereocenters. The topological polar surface area (TPSA) is 69.9 Å². The van der Waals surface area contributed by atoms with E-state index in [1.807, 2.05) is 42.1 Å². The molecule has 0 bridgehead atoms. The van der Waals surface area contributed by atoms with E-state index in [2.05, 4.69) is 15.2 Å². The molecule has 4 rings (SSSR count). The van der Waals surface area contributed by atoms with Crippen molar-refractivity contribution in [2.75, 3.05) is 0 Å². The SMILES string of the molecule is Cn1nccc1-c1cccc(-c2noc(-c3ccoc3)n2)c1. The first-order chi connectivity index (χ1) is 10.8. The van der Waals surface area contributed by atoms with Crippen molar-refractivity contribution in [3.05, 3.63) is 55.1 Å². The van der Waals surface area contributed by atoms with Crippen molar-refractivity contribution >= 4 is 0 Å². The van der Waals surface area contributed by atoms with E-state index in [1.54, 1.807) is 24.8 Å². The predicted octanol–water partition coefficient (Wildman–Crippen LogP) is 3.40. The third-order valence-corrected chi connectivity index (χ3v) is 3.43. The monoisotopic (exact) mass is 292 g/mol. The van der Waals surface area contributed by atoms with Crippen LogP contribution in [0.2, 0.25) is 0 Å². The van der Waals surface area contributed by atoms with Gasteiger partial charge >= 0.3 is 0 Å². The average Bonchev–Trinajstić information content (AvgIpc) is 3.28. The van der Waals surface area contributed by atoms with Crippen LogP contribution in [-0.2, 0) is 7.05 Å². The first-order valence-corrected chi connectivity index (χ1v) is 6.76. The Hall–Kier alpha value is -3.15. The smallest absolute Gasteiger partial charge is 0.261 e. The summed E-state index contributed by atoms with van der Waals surface area (Å²) in [5.74, 6) is 0.981. The van der Waals surface area contributed by atoms with Crippen molar-refractivity contribution in [1.29, 1.82) is 0 Å². The lowest BCUT2D eigenvalue weighted by atomic mass is 10.1. The fraction of sp³-hybridized carbons (Fsp3) is 0.0625. The minimum Gasteiger partial charge on any atom is -0.472 e. The number of benzene rings is 1. The Morgan fingerprint density at radius 1 is 1.05 bits per heavy atom. The van der Waals surface area contributed by atoms with Gasteiger partial charge in [-0.2, -0.15) is 10.1 Å². The molecule has 6 nitrogen and oxygen atoms in total. The Kier molecular flexibility index (Phi) is 2.86. The summed E-state index contributed by atoms with van der Waals surface area (Å²) in [7, 11) is 1.91. The second-order valence-corrected chi connectivity index (χ2v) is 4.86. The van der Waals surface area contributed by atoms with Gasteiger partial charge in [-0.1, -0.05) is 23.4 Å². The zero-order valence-electron chi connectivity index (χ0n) is 11.8. The summed E-state index contributed by atoms with van der Waals surface area (Å²) >= 11 is 0. The summed E-state index contributed by atoms with van der Waals surface area (Å²) in [6, 6.07) is 11.7. The summed E-state index contributed by atoms with van der Waals surface area (Å²) in [4.78, 5) is 4.41. The molecule has 0 N–H and O–H groups in total. The van der Waals surface area contributed by atoms with Gasteiger partial charge in [0.1, 0.15) is 6.26 Å². The van der Waals surface area contributed by atoms with E-state index in [4.69, 9.17) is 8.94 Å². The van der Waals surface area contributed by atoms with Gasteiger partial charge < -0.3 is 8.94 Å². The van der Waals surface area contributed by atoms with Gasteiger partial charge in [0.2, 0.25) is 5.82 Å². The highest BCUT2D eigenvalue weighted by atomic mass is 16.5. The molecule has 0 saturated carbocycles. The van der Waals surface area contributed by atoms with E-state index in [1.165, 1.54) is 0 Å². The van der Waals surface area contributed by atoms with Crippen LogP contribution in [0.25, 0.3) is 34.1 Å². The van der Waals surface area contributed by atoms with Crippen molar-refractivity contribution in [3.8, 4) is 34.1 Å². The molecule has 6 heteroatoms. The molecule has 0 amide bonds. The van der Waals surface area contributed by atoms with E-state index in [9.17, 15) is 0 Å². The molecular weight excluding hydrogens is 280 g/mol. The van der Waals surface area contributed by atoms with Crippen molar-refractivity contribution in [3.63, 3.8) is 0 Å². The van der Waals surface area contributed by atoms with Crippen LogP contribution in [0.15, 0.2) is 64.1 Å². The van der Waals surface area contributed by atoms with Crippen molar-refractivity contribution in [2.24, 2.45) is 7.05 Å². The molecule has 0 atom stereocenters. The molecule has 108 valence electrons. The Morgan fingerprint density at radius 3 is 2.73 bits per heavy atom. The maximum atomic E-state index is 5.28. The summed E-state index contributed by atoms with van der Waals surface area (Å²) in [5.41, 5.74) is 3.73. The fourth-order valence-corrected chi connectivity index (χ4v) is 2.32. The highest BCUT2D eigenvalue weighted by Crippen LogP contribution is 2.26. The number of hydrogen-bond acceptors (Lipinski definition) is 5. The second-order valence-electron chi connectivity index (χ2n) is 4.86. The van der Waals surface area contributed by atoms with Crippen molar-refractivity contribution in [2.45, 2.75) is 0 Å². The lowest BCUT2D eigenvalue weighted by Gasteiger charge is -2.03. The molecule has 0 aliphatic heterocycles. The molecule has 0 saturated heterocycles. The third kappa shape index (κ3) is 2.10. The van der Waals surface area contributed by atoms with E-state index >= 15 is 0 Å². The van der Waals surface area contributed by atoms with Gasteiger partial charge in [0.05, 0.1) is 17.5 Å². The molecule has 4 aromatic rings. The van der Waals surface area contributed by atoms with Gasteiger partial charge in [0, 0.05) is 24.4 Å². The highest BCUT2D eigenvalue weighted by molar-refractivity contribution is 5.68. The van der Waals surface area contributed by atoms with Crippen LogP contribution in [0.1, 0.15) is 0 Å². The second kappa shape index (κ2) is 5.00. The van der Waals surface area contributed by atoms with E-state index in [0.29, 0.717) is 11.7 Å². The van der Waals surface area contributed by atoms with Crippen LogP contribution in [-0.4, -0.2) is 19.9 Å². The average molecular weight is 292 g/mol. The number of hydrogen-bond donors (Lipinski definition) is 0. The number of nitrogens with zero attached hydrogens (tertiary/aromatic N) is 4. The van der Waals surface area contributed by atoms with E-state index < -0.39 is 0 Å². The Labute approximate surface area is 126 Å². The molecule has 0 aliphatic rings. The Balaban J connectivity index is 1.73. The normalized spacial score (nSPS) is 11.0. The molecule has 3 aromatic heterocycles. The van der Waals surface area contributed by atoms with Crippen LogP contribution in [0.5, 0.6) is 0 Å². The summed E-state index contributed by atoms with van der Waals surface area (Å²) in [5, 5.41) is 8.23. The lowest BCUT2D eigenvalue weighted by molar-refractivity contribution is 0.431. The van der Waals surface area contributed by atoms with Crippen LogP contribution in [0.3, 0.4) is 0 Å². The Bertz CT molecular complexity index is 906. The molecule has 0 radical (unpaired) electrons. The van der Waals surface area contributed by atoms with Crippen LogP contribution >= 0.6 is 0 Å². The molecule has 1 aromatic carbocycles. The number of aryl methyl sites for hydroxylation is 1. The lowest BCUT2D eigenvalue weighted by Crippen LogP contribution is -1.93. The fourth-order valence-electron chi connectivity index (χ4n) is 2.32. The van der Waals surface area contributed by atoms with Crippen LogP contribution < -0.4 is 0 Å². The van der Waals surface area contributed by atoms with Gasteiger partial charge in [-0.05, 0) is 18.2 Å². The predicted molar refractivity (Wildman–Crippen MR) is 79.6 cm³/mol. The molecule has 3 heterocycles. The molecule has 0 fully saturated rings. The quantitative estimate of drug-likeness (QED) is 0.579. The van der Waals surface area contributed by atoms with Gasteiger partial charge in [0.15, 0.2) is 0 Å². The van der Waals surface area contributed by atoms with Crippen molar-refractivity contribution < 1.29 is 8.94 Å². The summed E-state index contributed by atoms with van der Waals surface area (Å²) in [6.45, 7) is 0. The highest BCUT2D eigenvalue weighted by Gasteiger charge is 2.12. The zero-order valence-corrected chi connectivity index (χ0v) is 11.8. The largest absolute Gasteiger partial charge is 0.472 e. The molecule has 0 spiro atoms. The van der Waals surface area contributed by atoms with Crippen LogP contribution in [0, 0.1) is 0 Å². The van der Waals surface area contributed by atoms with Crippen molar-refractivity contribution in [1.82, 2.24) is 19.9 Å². The van der Waals surface area contributed by atoms with Gasteiger partial charge in [0.25, 0.3) is 5.89 Å². The molecule has 22 heavy (non-hydrogen) atoms. The first kappa shape index (κ1) is 12.6. The maximum absolute atomic E-state index is 5.28. The van der Waals surface area contributed by atoms with Gasteiger partial charge in [-0.25, -0.2) is 0 Å². The summed E-state index contributed by atoms with van der Waals surface area (Å²) in [6.07, 6.45) is 4.92. The third-order valence-electron chi connectivity index (χ3n) is 3.43. The zero-order chi connectivity index (χ0) is 14.9. The van der Waals surface area contributed by atoms with Gasteiger partial charge in [-0.15, -0.1) is 0 Å². The maximum Gasteiger partial charge on any atom is 0.261 e. The molecular formula is C16H12N4O2. The van der Waals surface area contributed by atoms with E-state index in [0.717, 1.165) is 22.4 Å². The number of furan rings is 1. The minimum atomic E-state index is 0.440. The first-order valence-electron chi connectivity index (χ1n) is 6.76. The summed E-state index contributed by atoms with van der Waals surface area (Å²) < 4.78 is 12.1. The Morgan fingerprint density at radius 2 is 1.95 bits per heavy atom. The molecule has 0 aliphatic carbocycles. The standard InChI is InChI=1S/C16H12N4O2/c1-20-14(5-7-17-20)11-3-2-4-12(9-11)15-18-16(22-19-15)13-6-8-21-10-13/h2-10H,1H3. The van der Waals surface area contributed by atoms with Crippen LogP contribution in [0.4, 0.5) is 0 Å².